The highest BCUT2D eigenvalue weighted by Crippen LogP contribution is 2.21. The van der Waals surface area contributed by atoms with Crippen LogP contribution in [0.25, 0.3) is 22.5 Å². The number of nitrogens with one attached hydrogen (secondary N) is 2. The Hall–Kier alpha value is -3.28. The van der Waals surface area contributed by atoms with Gasteiger partial charge in [0.05, 0.1) is 15.9 Å². The van der Waals surface area contributed by atoms with Crippen molar-refractivity contribution >= 4 is 21.1 Å². The van der Waals surface area contributed by atoms with E-state index < -0.39 is 10.0 Å². The van der Waals surface area contributed by atoms with E-state index in [1.165, 1.54) is 16.4 Å². The van der Waals surface area contributed by atoms with Gasteiger partial charge in [0.25, 0.3) is 0 Å². The van der Waals surface area contributed by atoms with Crippen LogP contribution in [-0.4, -0.2) is 70.5 Å². The molecule has 0 bridgehead atoms. The largest absolute Gasteiger partial charge is 0.421 e. The van der Waals surface area contributed by atoms with E-state index in [4.69, 9.17) is 4.42 Å². The van der Waals surface area contributed by atoms with Crippen molar-refractivity contribution in [3.63, 3.8) is 0 Å². The number of imidazole rings is 1. The Morgan fingerprint density at radius 2 is 1.69 bits per heavy atom. The summed E-state index contributed by atoms with van der Waals surface area (Å²) in [4.78, 5) is 19.0. The quantitative estimate of drug-likeness (QED) is 0.451. The molecule has 0 radical (unpaired) electrons. The van der Waals surface area contributed by atoms with Crippen LogP contribution in [0, 0.1) is 0 Å². The lowest BCUT2D eigenvalue weighted by molar-refractivity contribution is 0.187. The molecule has 166 valence electrons. The summed E-state index contributed by atoms with van der Waals surface area (Å²) in [5.74, 6) is 1.06. The van der Waals surface area contributed by atoms with Gasteiger partial charge >= 0.3 is 5.69 Å². The highest BCUT2D eigenvalue weighted by atomic mass is 32.2. The average molecular weight is 455 g/mol. The van der Waals surface area contributed by atoms with Gasteiger partial charge in [-0.25, -0.2) is 13.2 Å². The zero-order valence-corrected chi connectivity index (χ0v) is 18.0. The van der Waals surface area contributed by atoms with Gasteiger partial charge in [0.1, 0.15) is 0 Å². The van der Waals surface area contributed by atoms with E-state index in [-0.39, 0.29) is 10.6 Å². The van der Waals surface area contributed by atoms with Gasteiger partial charge in [-0.1, -0.05) is 18.2 Å². The van der Waals surface area contributed by atoms with Crippen molar-refractivity contribution in [3.05, 3.63) is 64.9 Å². The molecule has 1 aliphatic heterocycles. The number of rotatable bonds is 6. The number of H-pyrrole nitrogens is 2. The number of fused-ring (bicyclic) bond motifs is 1. The van der Waals surface area contributed by atoms with Crippen molar-refractivity contribution in [2.24, 2.45) is 0 Å². The molecule has 2 aromatic carbocycles. The molecular weight excluding hydrogens is 432 g/mol. The van der Waals surface area contributed by atoms with Crippen molar-refractivity contribution in [1.29, 1.82) is 0 Å². The molecule has 0 saturated carbocycles. The Bertz CT molecular complexity index is 1380. The Morgan fingerprint density at radius 3 is 2.47 bits per heavy atom. The molecule has 0 amide bonds. The maximum atomic E-state index is 13.0. The molecule has 0 aliphatic carbocycles. The second-order valence-corrected chi connectivity index (χ2v) is 9.59. The van der Waals surface area contributed by atoms with E-state index >= 15 is 0 Å². The molecular formula is C21H22N6O4S. The Balaban J connectivity index is 1.18. The minimum atomic E-state index is -3.63. The van der Waals surface area contributed by atoms with Crippen LogP contribution in [0.3, 0.4) is 0 Å². The number of hydrogen-bond acceptors (Lipinski definition) is 7. The molecule has 1 saturated heterocycles. The van der Waals surface area contributed by atoms with Gasteiger partial charge in [-0.15, -0.1) is 10.2 Å². The summed E-state index contributed by atoms with van der Waals surface area (Å²) in [6.45, 7) is 2.72. The first-order chi connectivity index (χ1) is 15.5. The molecule has 11 heteroatoms. The minimum Gasteiger partial charge on any atom is -0.421 e. The van der Waals surface area contributed by atoms with Crippen LogP contribution in [0.5, 0.6) is 0 Å². The Labute approximate surface area is 183 Å². The molecule has 10 nitrogen and oxygen atoms in total. The molecule has 4 aromatic rings. The molecule has 1 fully saturated rings. The Kier molecular flexibility index (Phi) is 5.37. The standard InChI is InChI=1S/C21H22N6O4S/c28-21-22-17-7-6-16(14-18(17)23-21)32(29,30)27-12-10-26(11-13-27)9-8-19-24-25-20(31-19)15-4-2-1-3-5-15/h1-7,14H,8-13H2,(H2,22,23,28). The topological polar surface area (TPSA) is 128 Å². The number of piperazine rings is 1. The second kappa shape index (κ2) is 8.34. The van der Waals surface area contributed by atoms with Crippen LogP contribution in [0.2, 0.25) is 0 Å². The van der Waals surface area contributed by atoms with Gasteiger partial charge in [-0.2, -0.15) is 4.31 Å². The third kappa shape index (κ3) is 4.09. The first-order valence-corrected chi connectivity index (χ1v) is 11.8. The number of aromatic amines is 2. The van der Waals surface area contributed by atoms with Crippen molar-refractivity contribution in [2.75, 3.05) is 32.7 Å². The number of sulfonamides is 1. The summed E-state index contributed by atoms with van der Waals surface area (Å²) < 4.78 is 33.3. The molecule has 0 atom stereocenters. The van der Waals surface area contributed by atoms with Gasteiger partial charge in [-0.05, 0) is 30.3 Å². The lowest BCUT2D eigenvalue weighted by atomic mass is 10.2. The van der Waals surface area contributed by atoms with Crippen molar-refractivity contribution in [2.45, 2.75) is 11.3 Å². The predicted octanol–water partition coefficient (Wildman–Crippen LogP) is 1.46. The van der Waals surface area contributed by atoms with Gasteiger partial charge in [0.2, 0.25) is 21.8 Å². The number of nitrogens with zero attached hydrogens (tertiary/aromatic N) is 4. The van der Waals surface area contributed by atoms with Crippen LogP contribution < -0.4 is 5.69 Å². The van der Waals surface area contributed by atoms with Crippen LogP contribution in [0.1, 0.15) is 5.89 Å². The maximum Gasteiger partial charge on any atom is 0.323 e. The van der Waals surface area contributed by atoms with E-state index in [1.54, 1.807) is 6.07 Å². The van der Waals surface area contributed by atoms with Crippen LogP contribution in [0.15, 0.2) is 62.6 Å². The normalized spacial score (nSPS) is 16.0. The molecule has 3 heterocycles. The van der Waals surface area contributed by atoms with E-state index in [0.29, 0.717) is 62.0 Å². The zero-order chi connectivity index (χ0) is 22.1. The van der Waals surface area contributed by atoms with Crippen molar-refractivity contribution < 1.29 is 12.8 Å². The summed E-state index contributed by atoms with van der Waals surface area (Å²) in [6.07, 6.45) is 0.601. The maximum absolute atomic E-state index is 13.0. The second-order valence-electron chi connectivity index (χ2n) is 7.65. The molecule has 0 unspecified atom stereocenters. The predicted molar refractivity (Wildman–Crippen MR) is 118 cm³/mol. The lowest BCUT2D eigenvalue weighted by Crippen LogP contribution is -2.49. The summed E-state index contributed by atoms with van der Waals surface area (Å²) in [6, 6.07) is 14.2. The van der Waals surface area contributed by atoms with Crippen molar-refractivity contribution in [1.82, 2.24) is 29.4 Å². The SMILES string of the molecule is O=c1[nH]c2ccc(S(=O)(=O)N3CCN(CCc4nnc(-c5ccccc5)o4)CC3)cc2[nH]1. The summed E-state index contributed by atoms with van der Waals surface area (Å²) in [7, 11) is -3.63. The fourth-order valence-electron chi connectivity index (χ4n) is 3.82. The molecule has 32 heavy (non-hydrogen) atoms. The van der Waals surface area contributed by atoms with Crippen LogP contribution >= 0.6 is 0 Å². The first-order valence-electron chi connectivity index (χ1n) is 10.3. The molecule has 2 N–H and O–H groups in total. The minimum absolute atomic E-state index is 0.174. The van der Waals surface area contributed by atoms with Gasteiger partial charge in [-0.3, -0.25) is 0 Å². The Morgan fingerprint density at radius 1 is 0.938 bits per heavy atom. The van der Waals surface area contributed by atoms with Crippen LogP contribution in [-0.2, 0) is 16.4 Å². The average Bonchev–Trinajstić information content (AvgIpc) is 3.43. The fourth-order valence-corrected chi connectivity index (χ4v) is 5.27. The third-order valence-corrected chi connectivity index (χ3v) is 7.48. The highest BCUT2D eigenvalue weighted by Gasteiger charge is 2.29. The van der Waals surface area contributed by atoms with E-state index in [0.717, 1.165) is 5.56 Å². The van der Waals surface area contributed by atoms with Crippen LogP contribution in [0.4, 0.5) is 0 Å². The van der Waals surface area contributed by atoms with Gasteiger partial charge in [0, 0.05) is 44.7 Å². The fraction of sp³-hybridized carbons (Fsp3) is 0.286. The van der Waals surface area contributed by atoms with Crippen molar-refractivity contribution in [3.8, 4) is 11.5 Å². The monoisotopic (exact) mass is 454 g/mol. The lowest BCUT2D eigenvalue weighted by Gasteiger charge is -2.33. The molecule has 1 aliphatic rings. The van der Waals surface area contributed by atoms with Gasteiger partial charge in [0.15, 0.2) is 0 Å². The molecule has 0 spiro atoms. The zero-order valence-electron chi connectivity index (χ0n) is 17.2. The number of hydrogen-bond donors (Lipinski definition) is 2. The first kappa shape index (κ1) is 20.6. The summed E-state index contributed by atoms with van der Waals surface area (Å²) >= 11 is 0. The third-order valence-electron chi connectivity index (χ3n) is 5.59. The van der Waals surface area contributed by atoms with E-state index in [1.807, 2.05) is 30.3 Å². The van der Waals surface area contributed by atoms with E-state index in [2.05, 4.69) is 25.1 Å². The smallest absolute Gasteiger partial charge is 0.323 e. The van der Waals surface area contributed by atoms with E-state index in [9.17, 15) is 13.2 Å². The molecule has 2 aromatic heterocycles. The number of aromatic nitrogens is 4. The number of benzene rings is 2. The highest BCUT2D eigenvalue weighted by molar-refractivity contribution is 7.89. The molecule has 5 rings (SSSR count). The van der Waals surface area contributed by atoms with Gasteiger partial charge < -0.3 is 19.3 Å². The summed E-state index contributed by atoms with van der Waals surface area (Å²) in [5.41, 5.74) is 1.58. The summed E-state index contributed by atoms with van der Waals surface area (Å²) in [5, 5.41) is 8.22.